The summed E-state index contributed by atoms with van der Waals surface area (Å²) in [4.78, 5) is 2.07. The number of rotatable bonds is 8. The van der Waals surface area contributed by atoms with E-state index in [1.807, 2.05) is 59.8 Å². The van der Waals surface area contributed by atoms with Gasteiger partial charge in [0.2, 0.25) is 0 Å². The van der Waals surface area contributed by atoms with Crippen LogP contribution in [0.1, 0.15) is 64.7 Å². The van der Waals surface area contributed by atoms with Crippen molar-refractivity contribution < 1.29 is 4.74 Å². The fraction of sp³-hybridized carbons (Fsp3) is 0.429. The summed E-state index contributed by atoms with van der Waals surface area (Å²) in [6, 6.07) is 4.26. The summed E-state index contributed by atoms with van der Waals surface area (Å²) in [6.45, 7) is 18.9. The summed E-state index contributed by atoms with van der Waals surface area (Å²) in [5.41, 5.74) is 6.18. The van der Waals surface area contributed by atoms with Crippen LogP contribution in [-0.4, -0.2) is 17.4 Å². The molecule has 0 aliphatic heterocycles. The van der Waals surface area contributed by atoms with Gasteiger partial charge in [-0.05, 0) is 74.9 Å². The summed E-state index contributed by atoms with van der Waals surface area (Å²) < 4.78 is 6.14. The van der Waals surface area contributed by atoms with Crippen molar-refractivity contribution in [1.29, 1.82) is 0 Å². The Labute approximate surface area is 198 Å². The molecule has 0 saturated heterocycles. The topological polar surface area (TPSA) is 12.5 Å². The Kier molecular flexibility index (Phi) is 19.6. The zero-order chi connectivity index (χ0) is 24.2. The lowest BCUT2D eigenvalue weighted by molar-refractivity contribution is 0.310. The summed E-state index contributed by atoms with van der Waals surface area (Å²) in [5.74, 6) is 1.56. The number of aryl methyl sites for hydroxylation is 1. The van der Waals surface area contributed by atoms with Crippen LogP contribution in [0.3, 0.4) is 0 Å². The molecule has 0 atom stereocenters. The molecule has 2 rings (SSSR count). The molecule has 31 heavy (non-hydrogen) atoms. The Hall–Kier alpha value is -2.31. The molecular formula is C28H43NOS. The van der Waals surface area contributed by atoms with Crippen LogP contribution >= 0.6 is 12.6 Å². The molecule has 1 aromatic carbocycles. The van der Waals surface area contributed by atoms with Crippen molar-refractivity contribution in [2.45, 2.75) is 67.7 Å². The fourth-order valence-corrected chi connectivity index (χ4v) is 3.56. The molecule has 0 unspecified atom stereocenters. The molecular weight excluding hydrogens is 398 g/mol. The van der Waals surface area contributed by atoms with E-state index in [9.17, 15) is 0 Å². The van der Waals surface area contributed by atoms with Gasteiger partial charge in [-0.1, -0.05) is 58.6 Å². The first kappa shape index (κ1) is 30.9. The van der Waals surface area contributed by atoms with Crippen LogP contribution in [0.15, 0.2) is 60.5 Å². The second kappa shape index (κ2) is 19.6. The Morgan fingerprint density at radius 3 is 2.26 bits per heavy atom. The van der Waals surface area contributed by atoms with Crippen LogP contribution in [0, 0.1) is 19.8 Å². The molecule has 0 N–H and O–H groups in total. The van der Waals surface area contributed by atoms with Crippen LogP contribution in [-0.2, 0) is 12.8 Å². The van der Waals surface area contributed by atoms with Crippen LogP contribution < -0.4 is 4.74 Å². The number of nitrogens with zero attached hydrogens (tertiary/aromatic N) is 1. The molecule has 1 aliphatic carbocycles. The zero-order valence-electron chi connectivity index (χ0n) is 20.7. The van der Waals surface area contributed by atoms with E-state index in [0.29, 0.717) is 12.5 Å². The van der Waals surface area contributed by atoms with Gasteiger partial charge in [-0.25, -0.2) is 0 Å². The van der Waals surface area contributed by atoms with Crippen molar-refractivity contribution in [1.82, 2.24) is 4.90 Å². The molecule has 0 heterocycles. The van der Waals surface area contributed by atoms with Gasteiger partial charge < -0.3 is 9.64 Å². The van der Waals surface area contributed by atoms with Gasteiger partial charge in [0.25, 0.3) is 0 Å². The third-order valence-electron chi connectivity index (χ3n) is 4.50. The highest BCUT2D eigenvalue weighted by Gasteiger charge is 2.18. The Morgan fingerprint density at radius 2 is 1.71 bits per heavy atom. The number of fused-ring (bicyclic) bond motifs is 1. The van der Waals surface area contributed by atoms with E-state index < -0.39 is 0 Å². The predicted molar refractivity (Wildman–Crippen MR) is 144 cm³/mol. The average molecular weight is 442 g/mol. The van der Waals surface area contributed by atoms with Crippen molar-refractivity contribution in [3.05, 3.63) is 77.2 Å². The Morgan fingerprint density at radius 1 is 1.10 bits per heavy atom. The molecule has 0 fully saturated rings. The smallest absolute Gasteiger partial charge is 0.128 e. The first-order chi connectivity index (χ1) is 15.1. The molecule has 1 aromatic rings. The lowest BCUT2D eigenvalue weighted by Crippen LogP contribution is -2.23. The lowest BCUT2D eigenvalue weighted by Gasteiger charge is -2.26. The maximum atomic E-state index is 6.14. The van der Waals surface area contributed by atoms with E-state index in [1.165, 1.54) is 29.5 Å². The molecule has 0 spiro atoms. The first-order valence-corrected chi connectivity index (χ1v) is 11.8. The van der Waals surface area contributed by atoms with E-state index in [2.05, 4.69) is 68.2 Å². The first-order valence-electron chi connectivity index (χ1n) is 11.2. The normalized spacial score (nSPS) is 12.0. The van der Waals surface area contributed by atoms with Gasteiger partial charge in [-0.2, -0.15) is 12.6 Å². The molecule has 2 nitrogen and oxygen atoms in total. The van der Waals surface area contributed by atoms with Crippen molar-refractivity contribution in [2.24, 2.45) is 0 Å². The summed E-state index contributed by atoms with van der Waals surface area (Å²) in [5, 5.41) is 0. The molecule has 172 valence electrons. The van der Waals surface area contributed by atoms with Gasteiger partial charge in [0.15, 0.2) is 0 Å². The molecule has 0 saturated carbocycles. The minimum absolute atomic E-state index is 0.459. The third-order valence-corrected chi connectivity index (χ3v) is 4.78. The second-order valence-corrected chi connectivity index (χ2v) is 6.52. The van der Waals surface area contributed by atoms with E-state index >= 15 is 0 Å². The number of benzene rings is 1. The number of ether oxygens (including phenoxy) is 1. The van der Waals surface area contributed by atoms with Gasteiger partial charge in [-0.15, -0.1) is 12.8 Å². The van der Waals surface area contributed by atoms with Gasteiger partial charge in [0, 0.05) is 11.4 Å². The number of terminal acetylenes is 1. The van der Waals surface area contributed by atoms with Crippen LogP contribution in [0.4, 0.5) is 0 Å². The highest BCUT2D eigenvalue weighted by molar-refractivity contribution is 7.80. The highest BCUT2D eigenvalue weighted by Crippen LogP contribution is 2.33. The van der Waals surface area contributed by atoms with Crippen LogP contribution in [0.5, 0.6) is 5.75 Å². The van der Waals surface area contributed by atoms with Crippen molar-refractivity contribution in [2.75, 3.05) is 12.5 Å². The second-order valence-electron chi connectivity index (χ2n) is 6.23. The minimum atomic E-state index is 0.459. The molecule has 0 amide bonds. The van der Waals surface area contributed by atoms with E-state index in [0.717, 1.165) is 23.6 Å². The molecule has 3 heteroatoms. The fourth-order valence-electron chi connectivity index (χ4n) is 3.19. The maximum Gasteiger partial charge on any atom is 0.128 e. The number of allylic oxidation sites excluding steroid dienone is 5. The minimum Gasteiger partial charge on any atom is -0.487 e. The quantitative estimate of drug-likeness (QED) is 0.190. The zero-order valence-corrected chi connectivity index (χ0v) is 21.6. The van der Waals surface area contributed by atoms with Crippen molar-refractivity contribution in [3.63, 3.8) is 0 Å². The molecule has 0 bridgehead atoms. The summed E-state index contributed by atoms with van der Waals surface area (Å²) >= 11 is 4.48. The monoisotopic (exact) mass is 441 g/mol. The molecule has 0 aromatic heterocycles. The number of hydrogen-bond donors (Lipinski definition) is 1. The standard InChI is InChI=1S/C22H29NOS.2C2H6.C2H2/c1-5-7-10-19(9-6-2)23(16-25)18(4)15-24-22-14-13-17(3)20-11-8-12-21(20)22;3*1-2/h5-7,9-10,13-14,25H,4,8,11-12,15-16H2,1-3H3;2*1-2H3;1-2H/b7-5-,9-6-,19-10+;;;. The number of hydrogen-bond acceptors (Lipinski definition) is 3. The summed E-state index contributed by atoms with van der Waals surface area (Å²) in [7, 11) is 0. The van der Waals surface area contributed by atoms with Gasteiger partial charge in [0.1, 0.15) is 12.4 Å². The van der Waals surface area contributed by atoms with Crippen LogP contribution in [0.2, 0.25) is 0 Å². The van der Waals surface area contributed by atoms with Crippen molar-refractivity contribution >= 4 is 12.6 Å². The Balaban J connectivity index is 0. The van der Waals surface area contributed by atoms with Gasteiger partial charge in [-0.3, -0.25) is 0 Å². The largest absolute Gasteiger partial charge is 0.487 e. The van der Waals surface area contributed by atoms with E-state index in [-0.39, 0.29) is 0 Å². The SMILES string of the molecule is C#C.C=C(COc1ccc(C)c2c1CCC2)N(CS)C(/C=C\C)=C/C=C\C.CC.CC. The Bertz CT molecular complexity index is 741. The third kappa shape index (κ3) is 10.0. The molecule has 0 radical (unpaired) electrons. The van der Waals surface area contributed by atoms with Crippen molar-refractivity contribution in [3.8, 4) is 18.6 Å². The molecule has 1 aliphatic rings. The average Bonchev–Trinajstić information content (AvgIpc) is 3.32. The van der Waals surface area contributed by atoms with Crippen LogP contribution in [0.25, 0.3) is 0 Å². The van der Waals surface area contributed by atoms with Gasteiger partial charge >= 0.3 is 0 Å². The summed E-state index contributed by atoms with van der Waals surface area (Å²) in [6.07, 6.45) is 21.7. The maximum absolute atomic E-state index is 6.14. The highest BCUT2D eigenvalue weighted by atomic mass is 32.1. The van der Waals surface area contributed by atoms with Gasteiger partial charge in [0.05, 0.1) is 5.88 Å². The van der Waals surface area contributed by atoms with E-state index in [1.54, 1.807) is 0 Å². The van der Waals surface area contributed by atoms with E-state index in [4.69, 9.17) is 4.74 Å². The lowest BCUT2D eigenvalue weighted by atomic mass is 10.0. The predicted octanol–water partition coefficient (Wildman–Crippen LogP) is 7.90. The number of thiol groups is 1.